The number of pyridine rings is 3. The fraction of sp³-hybridized carbons (Fsp3) is 0.262. The zero-order valence-corrected chi connectivity index (χ0v) is 40.7. The van der Waals surface area contributed by atoms with E-state index < -0.39 is 66.2 Å². The van der Waals surface area contributed by atoms with Crippen LogP contribution in [0.3, 0.4) is 0 Å². The van der Waals surface area contributed by atoms with Crippen molar-refractivity contribution in [3.63, 3.8) is 0 Å². The van der Waals surface area contributed by atoms with Gasteiger partial charge in [-0.2, -0.15) is 0 Å². The van der Waals surface area contributed by atoms with Crippen molar-refractivity contribution in [2.24, 2.45) is 0 Å². The molecule has 4 aromatic heterocycles. The Morgan fingerprint density at radius 2 is 1.09 bits per heavy atom. The SMILES string of the molecule is [2H]C([2H])(c1cc(C([2H])([2H])C([2H])([2H])c2cnc(-c3[c-]cccc3)cc2C(C)C)cc(C([2H])([2H])C([2H])([2H])c2cnc(-c3[c-]ccc4c3oc3cc(F)ccc34)cc2C(C)(C)C)c1)C([2H])([2H])c1cnc(-c2[c-]cccc2)cc1C(C)C.[Ir+3]. The molecule has 0 unspecified atom stereocenters. The van der Waals surface area contributed by atoms with Crippen LogP contribution in [0.2, 0.25) is 0 Å². The number of aromatic nitrogens is 3. The third-order valence-electron chi connectivity index (χ3n) is 11.4. The Morgan fingerprint density at radius 1 is 0.567 bits per heavy atom. The van der Waals surface area contributed by atoms with E-state index in [2.05, 4.69) is 33.2 Å². The van der Waals surface area contributed by atoms with E-state index >= 15 is 0 Å². The number of fused-ring (bicyclic) bond motifs is 3. The summed E-state index contributed by atoms with van der Waals surface area (Å²) in [4.78, 5) is 13.8. The van der Waals surface area contributed by atoms with Crippen molar-refractivity contribution in [1.29, 1.82) is 0 Å². The fourth-order valence-corrected chi connectivity index (χ4v) is 7.99. The number of aryl methyl sites for hydroxylation is 6. The minimum Gasteiger partial charge on any atom is -0.500 e. The van der Waals surface area contributed by atoms with Crippen LogP contribution < -0.4 is 0 Å². The van der Waals surface area contributed by atoms with Gasteiger partial charge in [-0.1, -0.05) is 95.8 Å². The monoisotopic (exact) mass is 1070 g/mol. The van der Waals surface area contributed by atoms with Crippen LogP contribution in [-0.2, 0) is 63.8 Å². The first-order valence-electron chi connectivity index (χ1n) is 28.1. The molecule has 9 rings (SSSR count). The average Bonchev–Trinajstić information content (AvgIpc) is 3.90. The van der Waals surface area contributed by atoms with Crippen LogP contribution in [0.4, 0.5) is 4.39 Å². The summed E-state index contributed by atoms with van der Waals surface area (Å²) in [7, 11) is 0. The number of hydrogen-bond donors (Lipinski definition) is 0. The van der Waals surface area contributed by atoms with Crippen LogP contribution >= 0.6 is 0 Å². The van der Waals surface area contributed by atoms with Crippen molar-refractivity contribution in [2.45, 2.75) is 104 Å². The summed E-state index contributed by atoms with van der Waals surface area (Å²) in [5, 5.41) is 1.32. The Labute approximate surface area is 426 Å². The van der Waals surface area contributed by atoms with Gasteiger partial charge in [-0.25, -0.2) is 4.39 Å². The standard InChI is InChI=1S/C61H57FN3O.Ir/c1-39(2)53-33-56(44-15-10-8-11-16-44)63-36-46(53)24-21-41-29-42(22-25-47-37-64-57(34-54(47)40(3)4)45-17-12-9-13-18-45)31-43(30-41)23-26-48-38-65-58(35-55(48)61(5,6)7)52-20-14-19-51-50-28-27-49(62)32-59(50)66-60(51)52;/h8-15,17,19,27-40H,21-26H2,1-7H3;/q-3;+3/i21D2,22D2,23D2,24D2,25D2,26D2;. The topological polar surface area (TPSA) is 51.8 Å². The predicted octanol–water partition coefficient (Wildman–Crippen LogP) is 15.2. The predicted molar refractivity (Wildman–Crippen MR) is 268 cm³/mol. The number of furan rings is 1. The maximum atomic E-state index is 14.3. The molecular weight excluding hydrogens is 1000 g/mol. The summed E-state index contributed by atoms with van der Waals surface area (Å²) in [6.45, 7) is 12.8. The van der Waals surface area contributed by atoms with Crippen molar-refractivity contribution in [3.8, 4) is 33.8 Å². The summed E-state index contributed by atoms with van der Waals surface area (Å²) in [6, 6.07) is 39.3. The molecule has 0 fully saturated rings. The van der Waals surface area contributed by atoms with E-state index in [9.17, 15) is 20.8 Å². The van der Waals surface area contributed by atoms with Gasteiger partial charge in [0.25, 0.3) is 0 Å². The van der Waals surface area contributed by atoms with E-state index in [4.69, 9.17) is 4.42 Å². The first kappa shape index (κ1) is 34.3. The Bertz CT molecular complexity index is 3590. The molecule has 5 aromatic carbocycles. The van der Waals surface area contributed by atoms with Crippen LogP contribution in [0.1, 0.15) is 127 Å². The third kappa shape index (κ3) is 10.7. The van der Waals surface area contributed by atoms with Crippen LogP contribution in [0, 0.1) is 24.0 Å². The second-order valence-corrected chi connectivity index (χ2v) is 17.9. The van der Waals surface area contributed by atoms with Crippen molar-refractivity contribution in [2.75, 3.05) is 0 Å². The van der Waals surface area contributed by atoms with Gasteiger partial charge >= 0.3 is 20.1 Å². The zero-order valence-electron chi connectivity index (χ0n) is 50.3. The number of halogens is 1. The number of hydrogen-bond acceptors (Lipinski definition) is 4. The van der Waals surface area contributed by atoms with Gasteiger partial charge in [0.2, 0.25) is 0 Å². The van der Waals surface area contributed by atoms with Gasteiger partial charge in [0.15, 0.2) is 0 Å². The molecule has 338 valence electrons. The maximum Gasteiger partial charge on any atom is 3.00 e. The van der Waals surface area contributed by atoms with Gasteiger partial charge in [-0.05, 0) is 135 Å². The largest absolute Gasteiger partial charge is 3.00 e. The van der Waals surface area contributed by atoms with E-state index in [0.717, 1.165) is 18.2 Å². The maximum absolute atomic E-state index is 14.3. The van der Waals surface area contributed by atoms with Crippen LogP contribution in [0.15, 0.2) is 138 Å². The van der Waals surface area contributed by atoms with E-state index in [1.165, 1.54) is 30.7 Å². The molecule has 0 atom stereocenters. The van der Waals surface area contributed by atoms with Gasteiger partial charge in [0.1, 0.15) is 11.4 Å². The molecule has 0 saturated heterocycles. The van der Waals surface area contributed by atoms with Gasteiger partial charge in [0.05, 0.1) is 5.58 Å². The summed E-state index contributed by atoms with van der Waals surface area (Å²) >= 11 is 0. The molecule has 0 aliphatic carbocycles. The van der Waals surface area contributed by atoms with E-state index in [1.807, 2.05) is 60.6 Å². The summed E-state index contributed by atoms with van der Waals surface area (Å²) < 4.78 is 138. The number of benzene rings is 5. The molecule has 67 heavy (non-hydrogen) atoms. The average molecular weight is 1070 g/mol. The first-order valence-corrected chi connectivity index (χ1v) is 22.1. The van der Waals surface area contributed by atoms with Crippen LogP contribution in [-0.4, -0.2) is 15.0 Å². The quantitative estimate of drug-likeness (QED) is 0.102. The molecule has 9 aromatic rings. The summed E-state index contributed by atoms with van der Waals surface area (Å²) in [5.41, 5.74) is 1.61. The zero-order chi connectivity index (χ0) is 56.7. The molecule has 0 radical (unpaired) electrons. The second-order valence-electron chi connectivity index (χ2n) is 17.9. The smallest absolute Gasteiger partial charge is 0.500 e. The molecule has 0 bridgehead atoms. The molecule has 0 saturated carbocycles. The van der Waals surface area contributed by atoms with Gasteiger partial charge in [0, 0.05) is 46.5 Å². The Morgan fingerprint density at radius 3 is 1.60 bits per heavy atom. The minimum absolute atomic E-state index is 0. The van der Waals surface area contributed by atoms with Crippen LogP contribution in [0.5, 0.6) is 0 Å². The van der Waals surface area contributed by atoms with Crippen LogP contribution in [0.25, 0.3) is 55.7 Å². The van der Waals surface area contributed by atoms with E-state index in [-0.39, 0.29) is 48.6 Å². The number of rotatable bonds is 14. The third-order valence-corrected chi connectivity index (χ3v) is 11.4. The number of nitrogens with zero attached hydrogens (tertiary/aromatic N) is 3. The van der Waals surface area contributed by atoms with Gasteiger partial charge < -0.3 is 19.4 Å². The molecule has 0 aliphatic rings. The molecular formula is C61H57FIrN3O. The molecule has 6 heteroatoms. The fourth-order valence-electron chi connectivity index (χ4n) is 7.99. The summed E-state index contributed by atoms with van der Waals surface area (Å²) in [6.07, 6.45) is -14.7. The minimum atomic E-state index is -3.20. The van der Waals surface area contributed by atoms with E-state index in [0.29, 0.717) is 72.4 Å². The van der Waals surface area contributed by atoms with Crippen molar-refractivity contribution >= 4 is 21.9 Å². The molecule has 0 N–H and O–H groups in total. The van der Waals surface area contributed by atoms with E-state index in [1.54, 1.807) is 72.8 Å². The van der Waals surface area contributed by atoms with Crippen molar-refractivity contribution < 1.29 is 45.4 Å². The Hall–Kier alpha value is -6.07. The molecule has 0 amide bonds. The normalized spacial score (nSPS) is 15.7. The first-order chi connectivity index (χ1) is 36.4. The molecule has 0 spiro atoms. The van der Waals surface area contributed by atoms with Gasteiger partial charge in [-0.15, -0.1) is 90.0 Å². The van der Waals surface area contributed by atoms with Crippen molar-refractivity contribution in [1.82, 2.24) is 15.0 Å². The summed E-state index contributed by atoms with van der Waals surface area (Å²) in [5.74, 6) is -1.21. The molecule has 0 aliphatic heterocycles. The van der Waals surface area contributed by atoms with Crippen molar-refractivity contribution in [3.05, 3.63) is 208 Å². The Kier molecular flexibility index (Phi) is 10.4. The Balaban J connectivity index is 0.00000822. The van der Waals surface area contributed by atoms with Gasteiger partial charge in [-0.3, -0.25) is 0 Å². The molecule has 4 nitrogen and oxygen atoms in total. The second kappa shape index (κ2) is 20.4. The molecule has 4 heterocycles.